The third-order valence-corrected chi connectivity index (χ3v) is 4.74. The fourth-order valence-electron chi connectivity index (χ4n) is 2.83. The number of hydrogen-bond acceptors (Lipinski definition) is 4. The normalized spacial score (nSPS) is 11.9. The van der Waals surface area contributed by atoms with Crippen molar-refractivity contribution < 1.29 is 14.3 Å². The summed E-state index contributed by atoms with van der Waals surface area (Å²) in [7, 11) is 3.70. The summed E-state index contributed by atoms with van der Waals surface area (Å²) < 4.78 is 10.3. The Balaban J connectivity index is 3.33. The minimum Gasteiger partial charge on any atom is -0.464 e. The molecule has 0 N–H and O–H groups in total. The maximum absolute atomic E-state index is 11.7. The van der Waals surface area contributed by atoms with Crippen molar-refractivity contribution in [2.75, 3.05) is 40.5 Å². The van der Waals surface area contributed by atoms with Gasteiger partial charge in [0.25, 0.3) is 0 Å². The number of unbranched alkanes of at least 4 members (excludes halogenated alkanes) is 8. The standard InChI is InChI=1S/C24H45NO3/c1-4-5-6-7-8-9-10-11-12-13-14-15-16-17-18-19-24(26)28-23-21-25(2)20-22-27-3/h8-9,11-12H,4-7,10,13-23H2,1-3H3/b9-8-,12-11-. The van der Waals surface area contributed by atoms with E-state index >= 15 is 0 Å². The monoisotopic (exact) mass is 395 g/mol. The maximum atomic E-state index is 11.7. The first-order valence-electron chi connectivity index (χ1n) is 11.3. The third kappa shape index (κ3) is 21.2. The van der Waals surface area contributed by atoms with E-state index < -0.39 is 0 Å². The van der Waals surface area contributed by atoms with E-state index in [1.54, 1.807) is 7.11 Å². The van der Waals surface area contributed by atoms with E-state index in [1.807, 2.05) is 7.05 Å². The molecule has 0 amide bonds. The molecule has 0 aliphatic carbocycles. The summed E-state index contributed by atoms with van der Waals surface area (Å²) in [6, 6.07) is 0. The Labute approximate surface area is 174 Å². The molecule has 0 bridgehead atoms. The minimum atomic E-state index is -0.0641. The SMILES string of the molecule is CCCCC/C=C\C/C=C\CCCCCCCC(=O)OCCN(C)CCOC. The first kappa shape index (κ1) is 26.9. The van der Waals surface area contributed by atoms with Crippen LogP contribution in [0.15, 0.2) is 24.3 Å². The van der Waals surface area contributed by atoms with Crippen LogP contribution in [-0.4, -0.2) is 51.3 Å². The van der Waals surface area contributed by atoms with Crippen LogP contribution in [0.5, 0.6) is 0 Å². The number of methoxy groups -OCH3 is 1. The van der Waals surface area contributed by atoms with Crippen molar-refractivity contribution in [1.29, 1.82) is 0 Å². The van der Waals surface area contributed by atoms with E-state index in [1.165, 1.54) is 51.4 Å². The summed E-state index contributed by atoms with van der Waals surface area (Å²) in [5.74, 6) is -0.0641. The van der Waals surface area contributed by atoms with Gasteiger partial charge in [-0.1, -0.05) is 63.3 Å². The average Bonchev–Trinajstić information content (AvgIpc) is 2.69. The zero-order chi connectivity index (χ0) is 20.7. The van der Waals surface area contributed by atoms with Crippen molar-refractivity contribution in [3.05, 3.63) is 24.3 Å². The smallest absolute Gasteiger partial charge is 0.305 e. The molecule has 0 aromatic heterocycles. The molecule has 0 spiro atoms. The zero-order valence-electron chi connectivity index (χ0n) is 18.8. The minimum absolute atomic E-state index is 0.0641. The fraction of sp³-hybridized carbons (Fsp3) is 0.792. The van der Waals surface area contributed by atoms with Gasteiger partial charge in [-0.25, -0.2) is 0 Å². The van der Waals surface area contributed by atoms with Gasteiger partial charge >= 0.3 is 5.97 Å². The molecule has 0 aliphatic rings. The Morgan fingerprint density at radius 2 is 1.43 bits per heavy atom. The van der Waals surface area contributed by atoms with Gasteiger partial charge in [0.2, 0.25) is 0 Å². The van der Waals surface area contributed by atoms with Crippen LogP contribution in [0.2, 0.25) is 0 Å². The first-order valence-corrected chi connectivity index (χ1v) is 11.3. The Morgan fingerprint density at radius 3 is 2.11 bits per heavy atom. The van der Waals surface area contributed by atoms with Crippen molar-refractivity contribution in [2.24, 2.45) is 0 Å². The molecular weight excluding hydrogens is 350 g/mol. The highest BCUT2D eigenvalue weighted by atomic mass is 16.5. The number of ether oxygens (including phenoxy) is 2. The number of rotatable bonds is 20. The number of likely N-dealkylation sites (N-methyl/N-ethyl adjacent to an activating group) is 1. The molecule has 4 heteroatoms. The second kappa shape index (κ2) is 22.2. The molecule has 4 nitrogen and oxygen atoms in total. The molecule has 0 aromatic rings. The van der Waals surface area contributed by atoms with E-state index in [4.69, 9.17) is 9.47 Å². The Hall–Kier alpha value is -1.13. The van der Waals surface area contributed by atoms with E-state index in [0.29, 0.717) is 19.6 Å². The molecule has 0 aromatic carbocycles. The van der Waals surface area contributed by atoms with E-state index in [0.717, 1.165) is 32.4 Å². The lowest BCUT2D eigenvalue weighted by molar-refractivity contribution is -0.144. The Bertz CT molecular complexity index is 393. The number of carbonyl (C=O) groups is 1. The highest BCUT2D eigenvalue weighted by Crippen LogP contribution is 2.08. The lowest BCUT2D eigenvalue weighted by atomic mass is 10.1. The van der Waals surface area contributed by atoms with Gasteiger partial charge in [-0.05, 0) is 45.6 Å². The molecule has 0 radical (unpaired) electrons. The van der Waals surface area contributed by atoms with Crippen LogP contribution in [0.1, 0.15) is 84.0 Å². The van der Waals surface area contributed by atoms with Crippen molar-refractivity contribution in [3.63, 3.8) is 0 Å². The summed E-state index contributed by atoms with van der Waals surface area (Å²) in [6.45, 7) is 5.04. The average molecular weight is 396 g/mol. The second-order valence-electron chi connectivity index (χ2n) is 7.50. The van der Waals surface area contributed by atoms with Crippen LogP contribution in [0.25, 0.3) is 0 Å². The predicted molar refractivity (Wildman–Crippen MR) is 120 cm³/mol. The van der Waals surface area contributed by atoms with Crippen molar-refractivity contribution >= 4 is 5.97 Å². The van der Waals surface area contributed by atoms with Gasteiger partial charge in [0.15, 0.2) is 0 Å². The number of allylic oxidation sites excluding steroid dienone is 4. The van der Waals surface area contributed by atoms with Gasteiger partial charge in [-0.15, -0.1) is 0 Å². The fourth-order valence-corrected chi connectivity index (χ4v) is 2.83. The molecule has 0 aliphatic heterocycles. The molecule has 0 saturated heterocycles. The Kier molecular flexibility index (Phi) is 21.3. The lowest BCUT2D eigenvalue weighted by Crippen LogP contribution is -2.27. The van der Waals surface area contributed by atoms with Crippen LogP contribution < -0.4 is 0 Å². The molecule has 0 fully saturated rings. The van der Waals surface area contributed by atoms with E-state index in [-0.39, 0.29) is 5.97 Å². The second-order valence-corrected chi connectivity index (χ2v) is 7.50. The molecule has 28 heavy (non-hydrogen) atoms. The number of esters is 1. The number of hydrogen-bond donors (Lipinski definition) is 0. The number of nitrogens with zero attached hydrogens (tertiary/aromatic N) is 1. The molecule has 0 rings (SSSR count). The molecule has 0 saturated carbocycles. The first-order chi connectivity index (χ1) is 13.7. The largest absolute Gasteiger partial charge is 0.464 e. The highest BCUT2D eigenvalue weighted by molar-refractivity contribution is 5.69. The molecule has 0 heterocycles. The van der Waals surface area contributed by atoms with Gasteiger partial charge in [0.1, 0.15) is 6.61 Å². The summed E-state index contributed by atoms with van der Waals surface area (Å²) in [4.78, 5) is 13.8. The van der Waals surface area contributed by atoms with Crippen molar-refractivity contribution in [3.8, 4) is 0 Å². The third-order valence-electron chi connectivity index (χ3n) is 4.74. The van der Waals surface area contributed by atoms with Crippen LogP contribution in [0, 0.1) is 0 Å². The van der Waals surface area contributed by atoms with Crippen LogP contribution in [0.4, 0.5) is 0 Å². The van der Waals surface area contributed by atoms with E-state index in [2.05, 4.69) is 36.1 Å². The van der Waals surface area contributed by atoms with Crippen molar-refractivity contribution in [1.82, 2.24) is 4.90 Å². The zero-order valence-corrected chi connectivity index (χ0v) is 18.8. The highest BCUT2D eigenvalue weighted by Gasteiger charge is 2.04. The van der Waals surface area contributed by atoms with Crippen molar-refractivity contribution in [2.45, 2.75) is 84.0 Å². The van der Waals surface area contributed by atoms with Gasteiger partial charge < -0.3 is 14.4 Å². The van der Waals surface area contributed by atoms with Gasteiger partial charge in [-0.3, -0.25) is 4.79 Å². The molecular formula is C24H45NO3. The van der Waals surface area contributed by atoms with Crippen LogP contribution >= 0.6 is 0 Å². The predicted octanol–water partition coefficient (Wildman–Crippen LogP) is 5.92. The van der Waals surface area contributed by atoms with Crippen LogP contribution in [0.3, 0.4) is 0 Å². The summed E-state index contributed by atoms with van der Waals surface area (Å²) >= 11 is 0. The van der Waals surface area contributed by atoms with Gasteiger partial charge in [0, 0.05) is 26.6 Å². The summed E-state index contributed by atoms with van der Waals surface area (Å²) in [6.07, 6.45) is 22.9. The molecule has 0 atom stereocenters. The summed E-state index contributed by atoms with van der Waals surface area (Å²) in [5.41, 5.74) is 0. The number of carbonyl (C=O) groups excluding carboxylic acids is 1. The lowest BCUT2D eigenvalue weighted by Gasteiger charge is -2.15. The van der Waals surface area contributed by atoms with Gasteiger partial charge in [-0.2, -0.15) is 0 Å². The van der Waals surface area contributed by atoms with Crippen LogP contribution in [-0.2, 0) is 14.3 Å². The Morgan fingerprint density at radius 1 is 0.821 bits per heavy atom. The molecule has 0 unspecified atom stereocenters. The quantitative estimate of drug-likeness (QED) is 0.146. The topological polar surface area (TPSA) is 38.8 Å². The maximum Gasteiger partial charge on any atom is 0.305 e. The van der Waals surface area contributed by atoms with E-state index in [9.17, 15) is 4.79 Å². The van der Waals surface area contributed by atoms with Gasteiger partial charge in [0.05, 0.1) is 6.61 Å². The molecule has 164 valence electrons. The summed E-state index contributed by atoms with van der Waals surface area (Å²) in [5, 5.41) is 0.